The van der Waals surface area contributed by atoms with E-state index in [1.807, 2.05) is 0 Å². The summed E-state index contributed by atoms with van der Waals surface area (Å²) in [4.78, 5) is 66.7. The predicted octanol–water partition coefficient (Wildman–Crippen LogP) is 1.17. The summed E-state index contributed by atoms with van der Waals surface area (Å²) in [5, 5.41) is 6.14. The normalized spacial score (nSPS) is 15.9. The van der Waals surface area contributed by atoms with Gasteiger partial charge in [-0.15, -0.1) is 0 Å². The highest BCUT2D eigenvalue weighted by molar-refractivity contribution is 6.05. The molecule has 39 heavy (non-hydrogen) atoms. The zero-order chi connectivity index (χ0) is 28.3. The number of rotatable bonds is 7. The van der Waals surface area contributed by atoms with E-state index in [9.17, 15) is 28.4 Å². The zero-order valence-corrected chi connectivity index (χ0v) is 21.1. The van der Waals surface area contributed by atoms with E-state index in [0.717, 1.165) is 13.0 Å². The maximum absolute atomic E-state index is 14.3. The van der Waals surface area contributed by atoms with Crippen molar-refractivity contribution in [1.29, 1.82) is 0 Å². The molecular weight excluding hydrogens is 517 g/mol. The van der Waals surface area contributed by atoms with Gasteiger partial charge in [-0.25, -0.2) is 9.18 Å². The van der Waals surface area contributed by atoms with Crippen LogP contribution in [0.2, 0.25) is 0 Å². The van der Waals surface area contributed by atoms with Crippen LogP contribution in [0, 0.1) is 5.82 Å². The van der Waals surface area contributed by atoms with Crippen molar-refractivity contribution in [1.82, 2.24) is 15.0 Å². The second-order valence-electron chi connectivity index (χ2n) is 8.69. The summed E-state index contributed by atoms with van der Waals surface area (Å²) < 4.78 is 29.5. The smallest absolute Gasteiger partial charge is 0.439 e. The number of benzene rings is 2. The van der Waals surface area contributed by atoms with Crippen LogP contribution in [0.5, 0.6) is 0 Å². The Labute approximate surface area is 220 Å². The molecule has 3 amide bonds. The van der Waals surface area contributed by atoms with Crippen LogP contribution in [-0.2, 0) is 23.9 Å². The lowest BCUT2D eigenvalue weighted by atomic mass is 10.1. The SMILES string of the molecule is CC(=O)O[C@@H](C(=O)Nc1ccc(-c2noc(=O)[nH]2)cc1)[C@H]1OCCN(c2ccc(F)c(C(=O)N(C)C)c2)C1=O. The molecule has 3 aromatic rings. The summed E-state index contributed by atoms with van der Waals surface area (Å²) in [6.07, 6.45) is -3.17. The number of carbonyl (C=O) groups is 4. The van der Waals surface area contributed by atoms with E-state index in [1.165, 1.54) is 48.2 Å². The van der Waals surface area contributed by atoms with Crippen LogP contribution in [0.15, 0.2) is 51.8 Å². The molecule has 2 aromatic carbocycles. The van der Waals surface area contributed by atoms with Gasteiger partial charge in [0, 0.05) is 44.5 Å². The maximum atomic E-state index is 14.3. The standard InChI is InChI=1S/C25H24FN5O8/c1-13(32)38-19(22(33)27-15-6-4-14(5-7-15)21-28-25(36)39-29-21)20-24(35)31(10-11-37-20)16-8-9-18(26)17(12-16)23(34)30(2)3/h4-9,12,19-20H,10-11H2,1-3H3,(H,27,33)(H,28,29,36)/t19-,20-/m1/s1. The highest BCUT2D eigenvalue weighted by Gasteiger charge is 2.42. The molecule has 1 aromatic heterocycles. The Morgan fingerprint density at radius 1 is 1.18 bits per heavy atom. The number of nitrogens with zero attached hydrogens (tertiary/aromatic N) is 3. The second kappa shape index (κ2) is 11.3. The third kappa shape index (κ3) is 6.01. The fourth-order valence-electron chi connectivity index (χ4n) is 3.88. The van der Waals surface area contributed by atoms with Crippen molar-refractivity contribution in [2.45, 2.75) is 19.1 Å². The van der Waals surface area contributed by atoms with Crippen LogP contribution in [0.1, 0.15) is 17.3 Å². The molecule has 1 saturated heterocycles. The van der Waals surface area contributed by atoms with Crippen molar-refractivity contribution in [2.24, 2.45) is 0 Å². The van der Waals surface area contributed by atoms with E-state index in [2.05, 4.69) is 20.0 Å². The van der Waals surface area contributed by atoms with Crippen LogP contribution in [0.25, 0.3) is 11.4 Å². The zero-order valence-electron chi connectivity index (χ0n) is 21.1. The van der Waals surface area contributed by atoms with Gasteiger partial charge in [-0.05, 0) is 42.5 Å². The number of aromatic amines is 1. The second-order valence-corrected chi connectivity index (χ2v) is 8.69. The number of anilines is 2. The molecule has 0 unspecified atom stereocenters. The van der Waals surface area contributed by atoms with Gasteiger partial charge in [0.05, 0.1) is 12.2 Å². The molecule has 2 N–H and O–H groups in total. The molecule has 0 radical (unpaired) electrons. The number of carbonyl (C=O) groups excluding carboxylic acids is 4. The molecule has 13 nitrogen and oxygen atoms in total. The first-order chi connectivity index (χ1) is 18.5. The van der Waals surface area contributed by atoms with Crippen LogP contribution in [-0.4, -0.2) is 78.2 Å². The largest absolute Gasteiger partial charge is 0.449 e. The first-order valence-corrected chi connectivity index (χ1v) is 11.6. The Balaban J connectivity index is 1.55. The summed E-state index contributed by atoms with van der Waals surface area (Å²) in [6, 6.07) is 9.74. The number of esters is 1. The predicted molar refractivity (Wildman–Crippen MR) is 133 cm³/mol. The summed E-state index contributed by atoms with van der Waals surface area (Å²) in [5.74, 6) is -4.27. The van der Waals surface area contributed by atoms with Crippen LogP contribution >= 0.6 is 0 Å². The van der Waals surface area contributed by atoms with Gasteiger partial charge in [-0.3, -0.25) is 28.7 Å². The number of ether oxygens (including phenoxy) is 2. The highest BCUT2D eigenvalue weighted by atomic mass is 19.1. The minimum atomic E-state index is -1.66. The molecule has 14 heteroatoms. The van der Waals surface area contributed by atoms with Gasteiger partial charge in [-0.1, -0.05) is 5.16 Å². The molecule has 0 aliphatic carbocycles. The lowest BCUT2D eigenvalue weighted by Gasteiger charge is -2.35. The topological polar surface area (TPSA) is 164 Å². The number of hydrogen-bond donors (Lipinski definition) is 2. The number of morpholine rings is 1. The molecule has 1 aliphatic rings. The molecule has 0 bridgehead atoms. The Morgan fingerprint density at radius 2 is 1.90 bits per heavy atom. The van der Waals surface area contributed by atoms with Gasteiger partial charge in [0.15, 0.2) is 11.9 Å². The number of aromatic nitrogens is 2. The minimum absolute atomic E-state index is 0.0274. The minimum Gasteiger partial charge on any atom is -0.449 e. The number of hydrogen-bond acceptors (Lipinski definition) is 9. The van der Waals surface area contributed by atoms with Crippen molar-refractivity contribution >= 4 is 35.1 Å². The molecule has 2 atom stereocenters. The lowest BCUT2D eigenvalue weighted by molar-refractivity contribution is -0.167. The Hall–Kier alpha value is -4.85. The average molecular weight is 541 g/mol. The van der Waals surface area contributed by atoms with Gasteiger partial charge in [0.1, 0.15) is 5.82 Å². The van der Waals surface area contributed by atoms with Crippen molar-refractivity contribution < 1.29 is 37.6 Å². The molecule has 4 rings (SSSR count). The Kier molecular flexibility index (Phi) is 7.85. The van der Waals surface area contributed by atoms with Gasteiger partial charge in [0.2, 0.25) is 6.10 Å². The number of halogens is 1. The fourth-order valence-corrected chi connectivity index (χ4v) is 3.88. The molecule has 0 spiro atoms. The first kappa shape index (κ1) is 27.2. The van der Waals surface area contributed by atoms with Gasteiger partial charge >= 0.3 is 11.7 Å². The summed E-state index contributed by atoms with van der Waals surface area (Å²) in [5.41, 5.74) is 0.768. The number of amides is 3. The first-order valence-electron chi connectivity index (χ1n) is 11.6. The van der Waals surface area contributed by atoms with Crippen LogP contribution in [0.3, 0.4) is 0 Å². The third-order valence-corrected chi connectivity index (χ3v) is 5.71. The van der Waals surface area contributed by atoms with E-state index in [4.69, 9.17) is 9.47 Å². The average Bonchev–Trinajstić information content (AvgIpc) is 3.34. The van der Waals surface area contributed by atoms with Crippen molar-refractivity contribution in [3.05, 3.63) is 64.4 Å². The summed E-state index contributed by atoms with van der Waals surface area (Å²) >= 11 is 0. The molecular formula is C25H24FN5O8. The van der Waals surface area contributed by atoms with Gasteiger partial charge < -0.3 is 24.6 Å². The fraction of sp³-hybridized carbons (Fsp3) is 0.280. The highest BCUT2D eigenvalue weighted by Crippen LogP contribution is 2.25. The van der Waals surface area contributed by atoms with Gasteiger partial charge in [0.25, 0.3) is 17.7 Å². The summed E-state index contributed by atoms with van der Waals surface area (Å²) in [6.45, 7) is 1.11. The maximum Gasteiger partial charge on any atom is 0.439 e. The van der Waals surface area contributed by atoms with E-state index in [1.54, 1.807) is 12.1 Å². The number of H-pyrrole nitrogens is 1. The molecule has 1 fully saturated rings. The Bertz CT molecular complexity index is 1470. The van der Waals surface area contributed by atoms with Crippen LogP contribution < -0.4 is 16.0 Å². The summed E-state index contributed by atoms with van der Waals surface area (Å²) in [7, 11) is 2.94. The quantitative estimate of drug-likeness (QED) is 0.418. The third-order valence-electron chi connectivity index (χ3n) is 5.71. The van der Waals surface area contributed by atoms with E-state index >= 15 is 0 Å². The van der Waals surface area contributed by atoms with Crippen LogP contribution in [0.4, 0.5) is 15.8 Å². The molecule has 1 aliphatic heterocycles. The monoisotopic (exact) mass is 541 g/mol. The van der Waals surface area contributed by atoms with E-state index < -0.39 is 47.5 Å². The van der Waals surface area contributed by atoms with E-state index in [0.29, 0.717) is 5.56 Å². The Morgan fingerprint density at radius 3 is 2.51 bits per heavy atom. The van der Waals surface area contributed by atoms with Crippen molar-refractivity contribution in [2.75, 3.05) is 37.5 Å². The lowest BCUT2D eigenvalue weighted by Crippen LogP contribution is -2.56. The van der Waals surface area contributed by atoms with Crippen molar-refractivity contribution in [3.63, 3.8) is 0 Å². The molecule has 204 valence electrons. The molecule has 2 heterocycles. The molecule has 0 saturated carbocycles. The van der Waals surface area contributed by atoms with Gasteiger partial charge in [-0.2, -0.15) is 0 Å². The van der Waals surface area contributed by atoms with E-state index in [-0.39, 0.29) is 35.9 Å². The van der Waals surface area contributed by atoms with Crippen molar-refractivity contribution in [3.8, 4) is 11.4 Å². The number of nitrogens with one attached hydrogen (secondary N) is 2.